The minimum Gasteiger partial charge on any atom is -0.468 e. The number of rotatable bonds is 7. The van der Waals surface area contributed by atoms with E-state index in [4.69, 9.17) is 8.83 Å². The van der Waals surface area contributed by atoms with Crippen molar-refractivity contribution < 1.29 is 22.0 Å². The molecule has 4 aromatic rings. The third-order valence-electron chi connectivity index (χ3n) is 4.28. The highest BCUT2D eigenvalue weighted by molar-refractivity contribution is 7.89. The van der Waals surface area contributed by atoms with E-state index in [1.54, 1.807) is 48.9 Å². The molecule has 4 rings (SSSR count). The second kappa shape index (κ2) is 8.27. The number of aryl methyl sites for hydroxylation is 1. The summed E-state index contributed by atoms with van der Waals surface area (Å²) in [5.74, 6) is 0.634. The van der Waals surface area contributed by atoms with Crippen LogP contribution in [-0.4, -0.2) is 19.3 Å². The number of anilines is 1. The lowest BCUT2D eigenvalue weighted by Gasteiger charge is -2.10. The normalized spacial score (nSPS) is 11.5. The summed E-state index contributed by atoms with van der Waals surface area (Å²) in [7, 11) is -3.82. The van der Waals surface area contributed by atoms with Crippen LogP contribution in [0, 0.1) is 6.92 Å². The smallest absolute Gasteiger partial charge is 0.257 e. The fourth-order valence-corrected chi connectivity index (χ4v) is 4.42. The monoisotopic (exact) mass is 443 g/mol. The Labute approximate surface area is 176 Å². The number of sulfonamides is 1. The van der Waals surface area contributed by atoms with E-state index in [9.17, 15) is 13.2 Å². The zero-order valence-electron chi connectivity index (χ0n) is 15.8. The maximum Gasteiger partial charge on any atom is 0.257 e. The lowest BCUT2D eigenvalue weighted by atomic mass is 10.1. The summed E-state index contributed by atoms with van der Waals surface area (Å²) in [4.78, 5) is 17.1. The first kappa shape index (κ1) is 20.1. The fraction of sp³-hybridized carbons (Fsp3) is 0.100. The summed E-state index contributed by atoms with van der Waals surface area (Å²) in [6.45, 7) is 1.75. The predicted octanol–water partition coefficient (Wildman–Crippen LogP) is 4.04. The van der Waals surface area contributed by atoms with Crippen LogP contribution >= 0.6 is 11.3 Å². The first-order valence-corrected chi connectivity index (χ1v) is 11.2. The van der Waals surface area contributed by atoms with Gasteiger partial charge in [0.05, 0.1) is 24.0 Å². The second-order valence-corrected chi connectivity index (χ2v) is 8.98. The predicted molar refractivity (Wildman–Crippen MR) is 112 cm³/mol. The van der Waals surface area contributed by atoms with Crippen molar-refractivity contribution in [2.24, 2.45) is 0 Å². The summed E-state index contributed by atoms with van der Waals surface area (Å²) in [6.07, 6.45) is 3.01. The van der Waals surface area contributed by atoms with Crippen molar-refractivity contribution >= 4 is 32.4 Å². The van der Waals surface area contributed by atoms with Crippen LogP contribution in [0.3, 0.4) is 0 Å². The highest BCUT2D eigenvalue weighted by Crippen LogP contribution is 2.26. The summed E-state index contributed by atoms with van der Waals surface area (Å²) in [5, 5.41) is 4.86. The molecule has 0 bridgehead atoms. The molecule has 0 aliphatic rings. The molecule has 0 aliphatic heterocycles. The van der Waals surface area contributed by atoms with Gasteiger partial charge in [-0.15, -0.1) is 11.3 Å². The largest absolute Gasteiger partial charge is 0.468 e. The van der Waals surface area contributed by atoms with Crippen LogP contribution in [0.5, 0.6) is 0 Å². The van der Waals surface area contributed by atoms with Crippen molar-refractivity contribution in [3.63, 3.8) is 0 Å². The molecule has 3 heterocycles. The van der Waals surface area contributed by atoms with E-state index in [1.165, 1.54) is 29.7 Å². The van der Waals surface area contributed by atoms with Crippen molar-refractivity contribution in [1.82, 2.24) is 9.71 Å². The SMILES string of the molecule is Cc1ccc(S(=O)(=O)NCc2ccco2)cc1C(=O)Nc1nc(-c2ccco2)cs1. The highest BCUT2D eigenvalue weighted by Gasteiger charge is 2.19. The maximum absolute atomic E-state index is 12.8. The van der Waals surface area contributed by atoms with Gasteiger partial charge in [-0.1, -0.05) is 6.07 Å². The second-order valence-electron chi connectivity index (χ2n) is 6.35. The molecule has 3 aromatic heterocycles. The summed E-state index contributed by atoms with van der Waals surface area (Å²) in [6, 6.07) is 11.3. The Kier molecular flexibility index (Phi) is 5.53. The molecule has 2 N–H and O–H groups in total. The van der Waals surface area contributed by atoms with Gasteiger partial charge in [-0.2, -0.15) is 0 Å². The van der Waals surface area contributed by atoms with Crippen molar-refractivity contribution in [1.29, 1.82) is 0 Å². The van der Waals surface area contributed by atoms with E-state index in [1.807, 2.05) is 0 Å². The quantitative estimate of drug-likeness (QED) is 0.446. The lowest BCUT2D eigenvalue weighted by Crippen LogP contribution is -2.24. The lowest BCUT2D eigenvalue weighted by molar-refractivity contribution is 0.102. The third kappa shape index (κ3) is 4.35. The molecule has 0 atom stereocenters. The van der Waals surface area contributed by atoms with Crippen LogP contribution in [0.15, 0.2) is 74.1 Å². The molecule has 0 saturated heterocycles. The van der Waals surface area contributed by atoms with Gasteiger partial charge < -0.3 is 8.83 Å². The van der Waals surface area contributed by atoms with E-state index in [-0.39, 0.29) is 17.0 Å². The number of hydrogen-bond donors (Lipinski definition) is 2. The van der Waals surface area contributed by atoms with Crippen LogP contribution in [-0.2, 0) is 16.6 Å². The minimum atomic E-state index is -3.82. The van der Waals surface area contributed by atoms with Crippen molar-refractivity contribution in [2.75, 3.05) is 5.32 Å². The molecule has 8 nitrogen and oxygen atoms in total. The van der Waals surface area contributed by atoms with Crippen LogP contribution in [0.25, 0.3) is 11.5 Å². The molecule has 30 heavy (non-hydrogen) atoms. The van der Waals surface area contributed by atoms with Gasteiger partial charge in [-0.05, 0) is 48.9 Å². The Bertz CT molecular complexity index is 1260. The molecule has 0 saturated carbocycles. The van der Waals surface area contributed by atoms with Gasteiger partial charge in [0.15, 0.2) is 10.9 Å². The van der Waals surface area contributed by atoms with Gasteiger partial charge in [0.1, 0.15) is 11.5 Å². The van der Waals surface area contributed by atoms with Crippen LogP contribution in [0.2, 0.25) is 0 Å². The Balaban J connectivity index is 1.51. The summed E-state index contributed by atoms with van der Waals surface area (Å²) >= 11 is 1.25. The molecule has 0 fully saturated rings. The van der Waals surface area contributed by atoms with E-state index in [2.05, 4.69) is 15.0 Å². The number of furan rings is 2. The Hall–Kier alpha value is -3.21. The maximum atomic E-state index is 12.8. The van der Waals surface area contributed by atoms with E-state index in [0.717, 1.165) is 0 Å². The molecule has 1 aromatic carbocycles. The average molecular weight is 444 g/mol. The number of hydrogen-bond acceptors (Lipinski definition) is 7. The standard InChI is InChI=1S/C20H17N3O5S2/c1-13-6-7-15(30(25,26)21-11-14-4-2-8-27-14)10-16(13)19(24)23-20-22-17(12-29-20)18-5-3-9-28-18/h2-10,12,21H,11H2,1H3,(H,22,23,24). The molecule has 1 amide bonds. The molecular weight excluding hydrogens is 426 g/mol. The number of amides is 1. The zero-order valence-corrected chi connectivity index (χ0v) is 17.4. The van der Waals surface area contributed by atoms with Gasteiger partial charge in [-0.3, -0.25) is 10.1 Å². The number of nitrogens with one attached hydrogen (secondary N) is 2. The molecule has 0 radical (unpaired) electrons. The Morgan fingerprint density at radius 2 is 1.93 bits per heavy atom. The zero-order chi connectivity index (χ0) is 21.1. The molecular formula is C20H17N3O5S2. The molecule has 0 unspecified atom stereocenters. The van der Waals surface area contributed by atoms with Crippen LogP contribution < -0.4 is 10.0 Å². The van der Waals surface area contributed by atoms with E-state index < -0.39 is 15.9 Å². The first-order valence-electron chi connectivity index (χ1n) is 8.86. The number of thiazole rings is 1. The highest BCUT2D eigenvalue weighted by atomic mass is 32.2. The molecule has 0 aliphatic carbocycles. The molecule has 154 valence electrons. The number of aromatic nitrogens is 1. The number of benzene rings is 1. The average Bonchev–Trinajstić information content (AvgIpc) is 3.48. The van der Waals surface area contributed by atoms with E-state index >= 15 is 0 Å². The topological polar surface area (TPSA) is 114 Å². The molecule has 0 spiro atoms. The summed E-state index contributed by atoms with van der Waals surface area (Å²) in [5.41, 5.74) is 1.49. The van der Waals surface area contributed by atoms with Crippen LogP contribution in [0.4, 0.5) is 5.13 Å². The number of nitrogens with zero attached hydrogens (tertiary/aromatic N) is 1. The Morgan fingerprint density at radius 3 is 2.67 bits per heavy atom. The van der Waals surface area contributed by atoms with Crippen molar-refractivity contribution in [2.45, 2.75) is 18.4 Å². The van der Waals surface area contributed by atoms with Gasteiger partial charge in [-0.25, -0.2) is 18.1 Å². The van der Waals surface area contributed by atoms with Gasteiger partial charge >= 0.3 is 0 Å². The van der Waals surface area contributed by atoms with E-state index in [0.29, 0.717) is 27.9 Å². The first-order chi connectivity index (χ1) is 14.4. The summed E-state index contributed by atoms with van der Waals surface area (Å²) < 4.78 is 38.1. The minimum absolute atomic E-state index is 0.0133. The van der Waals surface area contributed by atoms with Gasteiger partial charge in [0, 0.05) is 10.9 Å². The number of carbonyl (C=O) groups excluding carboxylic acids is 1. The third-order valence-corrected chi connectivity index (χ3v) is 6.44. The Morgan fingerprint density at radius 1 is 1.13 bits per heavy atom. The van der Waals surface area contributed by atoms with Crippen LogP contribution in [0.1, 0.15) is 21.7 Å². The van der Waals surface area contributed by atoms with Crippen molar-refractivity contribution in [3.8, 4) is 11.5 Å². The van der Waals surface area contributed by atoms with Crippen molar-refractivity contribution in [3.05, 3.63) is 77.3 Å². The van der Waals surface area contributed by atoms with Gasteiger partial charge in [0.2, 0.25) is 10.0 Å². The molecule has 10 heteroatoms. The fourth-order valence-electron chi connectivity index (χ4n) is 2.71. The van der Waals surface area contributed by atoms with Gasteiger partial charge in [0.25, 0.3) is 5.91 Å². The number of carbonyl (C=O) groups is 1.